The highest BCUT2D eigenvalue weighted by atomic mass is 16.2. The van der Waals surface area contributed by atoms with Crippen molar-refractivity contribution >= 4 is 11.8 Å². The van der Waals surface area contributed by atoms with Gasteiger partial charge in [0.25, 0.3) is 0 Å². The van der Waals surface area contributed by atoms with Crippen molar-refractivity contribution in [2.45, 2.75) is 63.5 Å². The summed E-state index contributed by atoms with van der Waals surface area (Å²) in [6.07, 6.45) is 6.55. The minimum absolute atomic E-state index is 0.0995. The van der Waals surface area contributed by atoms with E-state index >= 15 is 0 Å². The Morgan fingerprint density at radius 1 is 0.630 bits per heavy atom. The van der Waals surface area contributed by atoms with Gasteiger partial charge in [-0.05, 0) is 64.7 Å². The van der Waals surface area contributed by atoms with Gasteiger partial charge in [0.15, 0.2) is 0 Å². The summed E-state index contributed by atoms with van der Waals surface area (Å²) in [5.74, 6) is -0.199. The van der Waals surface area contributed by atoms with Crippen LogP contribution in [0.25, 0.3) is 0 Å². The number of rotatable bonds is 18. The molecule has 160 valence electrons. The van der Waals surface area contributed by atoms with Crippen LogP contribution in [0.5, 0.6) is 0 Å². The van der Waals surface area contributed by atoms with Crippen LogP contribution in [0.2, 0.25) is 0 Å². The van der Waals surface area contributed by atoms with E-state index in [0.717, 1.165) is 51.6 Å². The number of amides is 2. The molecule has 2 atom stereocenters. The zero-order valence-electron chi connectivity index (χ0n) is 16.7. The standard InChI is InChI=1S/C18H41N7O2/c19-9-3-1-7-15(21)17(26)24-13-5-11-23-12-6-14-25-18(27)16(22)8-2-4-10-20/h15-16,23H,1-14,19-22H2,(H,24,26)(H,25,27)/t15-,16-/m0/s1. The molecule has 0 saturated heterocycles. The number of carbonyl (C=O) groups excluding carboxylic acids is 2. The minimum atomic E-state index is -0.449. The number of hydrogen-bond acceptors (Lipinski definition) is 7. The van der Waals surface area contributed by atoms with E-state index < -0.39 is 12.1 Å². The van der Waals surface area contributed by atoms with Crippen LogP contribution in [0.4, 0.5) is 0 Å². The highest BCUT2D eigenvalue weighted by Gasteiger charge is 2.12. The summed E-state index contributed by atoms with van der Waals surface area (Å²) >= 11 is 0. The molecule has 0 rings (SSSR count). The van der Waals surface area contributed by atoms with E-state index in [0.29, 0.717) is 39.0 Å². The Labute approximate surface area is 163 Å². The molecule has 0 aliphatic carbocycles. The van der Waals surface area contributed by atoms with E-state index in [9.17, 15) is 9.59 Å². The van der Waals surface area contributed by atoms with E-state index in [1.165, 1.54) is 0 Å². The van der Waals surface area contributed by atoms with Crippen LogP contribution in [-0.4, -0.2) is 63.2 Å². The molecule has 0 heterocycles. The molecule has 0 aromatic rings. The van der Waals surface area contributed by atoms with Gasteiger partial charge in [-0.2, -0.15) is 0 Å². The smallest absolute Gasteiger partial charge is 0.236 e. The van der Waals surface area contributed by atoms with Gasteiger partial charge in [-0.3, -0.25) is 9.59 Å². The van der Waals surface area contributed by atoms with Crippen molar-refractivity contribution in [1.82, 2.24) is 16.0 Å². The number of nitrogens with one attached hydrogen (secondary N) is 3. The van der Waals surface area contributed by atoms with Crippen molar-refractivity contribution in [1.29, 1.82) is 0 Å². The van der Waals surface area contributed by atoms with Crippen LogP contribution < -0.4 is 38.9 Å². The lowest BCUT2D eigenvalue weighted by Crippen LogP contribution is -2.42. The van der Waals surface area contributed by atoms with Gasteiger partial charge in [0, 0.05) is 13.1 Å². The number of nitrogens with two attached hydrogens (primary N) is 4. The van der Waals surface area contributed by atoms with Gasteiger partial charge in [-0.25, -0.2) is 0 Å². The topological polar surface area (TPSA) is 174 Å². The van der Waals surface area contributed by atoms with Crippen molar-refractivity contribution in [3.63, 3.8) is 0 Å². The van der Waals surface area contributed by atoms with Gasteiger partial charge < -0.3 is 38.9 Å². The summed E-state index contributed by atoms with van der Waals surface area (Å²) in [5.41, 5.74) is 22.5. The lowest BCUT2D eigenvalue weighted by molar-refractivity contribution is -0.123. The second kappa shape index (κ2) is 18.1. The van der Waals surface area contributed by atoms with E-state index in [4.69, 9.17) is 22.9 Å². The summed E-state index contributed by atoms with van der Waals surface area (Å²) in [6.45, 7) is 4.07. The Morgan fingerprint density at radius 3 is 1.41 bits per heavy atom. The molecule has 27 heavy (non-hydrogen) atoms. The quantitative estimate of drug-likeness (QED) is 0.140. The average molecular weight is 388 g/mol. The van der Waals surface area contributed by atoms with E-state index in [2.05, 4.69) is 16.0 Å². The zero-order valence-corrected chi connectivity index (χ0v) is 16.7. The fourth-order valence-electron chi connectivity index (χ4n) is 2.52. The van der Waals surface area contributed by atoms with E-state index in [1.54, 1.807) is 0 Å². The van der Waals surface area contributed by atoms with Crippen molar-refractivity contribution in [2.24, 2.45) is 22.9 Å². The highest BCUT2D eigenvalue weighted by molar-refractivity contribution is 5.81. The van der Waals surface area contributed by atoms with Gasteiger partial charge >= 0.3 is 0 Å². The van der Waals surface area contributed by atoms with Crippen LogP contribution in [0, 0.1) is 0 Å². The maximum Gasteiger partial charge on any atom is 0.236 e. The number of carbonyl (C=O) groups is 2. The number of unbranched alkanes of at least 4 members (excludes halogenated alkanes) is 2. The zero-order chi connectivity index (χ0) is 20.3. The molecule has 9 nitrogen and oxygen atoms in total. The Kier molecular flexibility index (Phi) is 17.3. The lowest BCUT2D eigenvalue weighted by Gasteiger charge is -2.13. The second-order valence-corrected chi connectivity index (χ2v) is 6.82. The van der Waals surface area contributed by atoms with Gasteiger partial charge in [-0.1, -0.05) is 12.8 Å². The lowest BCUT2D eigenvalue weighted by atomic mass is 10.1. The molecular weight excluding hydrogens is 346 g/mol. The van der Waals surface area contributed by atoms with Crippen LogP contribution in [0.3, 0.4) is 0 Å². The molecule has 0 spiro atoms. The first-order valence-corrected chi connectivity index (χ1v) is 10.2. The normalized spacial score (nSPS) is 13.2. The Balaban J connectivity index is 3.46. The molecule has 2 amide bonds. The Bertz CT molecular complexity index is 349. The van der Waals surface area contributed by atoms with Gasteiger partial charge in [-0.15, -0.1) is 0 Å². The van der Waals surface area contributed by atoms with Gasteiger partial charge in [0.2, 0.25) is 11.8 Å². The predicted molar refractivity (Wildman–Crippen MR) is 110 cm³/mol. The summed E-state index contributed by atoms with van der Waals surface area (Å²) in [7, 11) is 0. The molecule has 11 N–H and O–H groups in total. The molecule has 0 fully saturated rings. The first-order chi connectivity index (χ1) is 13.0. The van der Waals surface area contributed by atoms with E-state index in [-0.39, 0.29) is 11.8 Å². The fourth-order valence-corrected chi connectivity index (χ4v) is 2.52. The molecule has 9 heteroatoms. The summed E-state index contributed by atoms with van der Waals surface area (Å²) in [5, 5.41) is 8.97. The van der Waals surface area contributed by atoms with Crippen LogP contribution >= 0.6 is 0 Å². The largest absolute Gasteiger partial charge is 0.355 e. The monoisotopic (exact) mass is 387 g/mol. The van der Waals surface area contributed by atoms with Crippen molar-refractivity contribution in [2.75, 3.05) is 39.3 Å². The molecule has 0 aliphatic heterocycles. The second-order valence-electron chi connectivity index (χ2n) is 6.82. The maximum absolute atomic E-state index is 11.8. The molecular formula is C18H41N7O2. The third-order valence-electron chi connectivity index (χ3n) is 4.27. The van der Waals surface area contributed by atoms with Crippen LogP contribution in [0.15, 0.2) is 0 Å². The summed E-state index contributed by atoms with van der Waals surface area (Å²) < 4.78 is 0. The highest BCUT2D eigenvalue weighted by Crippen LogP contribution is 1.98. The summed E-state index contributed by atoms with van der Waals surface area (Å²) in [4.78, 5) is 23.5. The molecule has 0 aromatic carbocycles. The SMILES string of the molecule is NCCCC[C@H](N)C(=O)NCCCNCCCNC(=O)[C@@H](N)CCCCN. The Hall–Kier alpha value is -1.26. The first kappa shape index (κ1) is 25.7. The van der Waals surface area contributed by atoms with Crippen molar-refractivity contribution in [3.05, 3.63) is 0 Å². The number of hydrogen-bond donors (Lipinski definition) is 7. The molecule has 0 radical (unpaired) electrons. The van der Waals surface area contributed by atoms with Crippen LogP contribution in [-0.2, 0) is 9.59 Å². The molecule has 0 saturated carbocycles. The minimum Gasteiger partial charge on any atom is -0.355 e. The maximum atomic E-state index is 11.8. The fraction of sp³-hybridized carbons (Fsp3) is 0.889. The third kappa shape index (κ3) is 15.5. The average Bonchev–Trinajstić information content (AvgIpc) is 2.66. The third-order valence-corrected chi connectivity index (χ3v) is 4.27. The summed E-state index contributed by atoms with van der Waals surface area (Å²) in [6, 6.07) is -0.899. The first-order valence-electron chi connectivity index (χ1n) is 10.2. The molecule has 0 aromatic heterocycles. The van der Waals surface area contributed by atoms with Crippen molar-refractivity contribution < 1.29 is 9.59 Å². The predicted octanol–water partition coefficient (Wildman–Crippen LogP) is -1.50. The molecule has 0 bridgehead atoms. The van der Waals surface area contributed by atoms with Gasteiger partial charge in [0.05, 0.1) is 12.1 Å². The van der Waals surface area contributed by atoms with Crippen molar-refractivity contribution in [3.8, 4) is 0 Å². The van der Waals surface area contributed by atoms with Gasteiger partial charge in [0.1, 0.15) is 0 Å². The van der Waals surface area contributed by atoms with E-state index in [1.807, 2.05) is 0 Å². The molecule has 0 unspecified atom stereocenters. The molecule has 0 aliphatic rings. The van der Waals surface area contributed by atoms with Crippen LogP contribution in [0.1, 0.15) is 51.4 Å². The Morgan fingerprint density at radius 2 is 1.04 bits per heavy atom.